The molecule has 31 heavy (non-hydrogen) atoms. The number of H-pyrrole nitrogens is 1. The number of nitrogens with one attached hydrogen (secondary N) is 3. The van der Waals surface area contributed by atoms with E-state index < -0.39 is 0 Å². The number of benzene rings is 4. The monoisotopic (exact) mass is 485 g/mol. The van der Waals surface area contributed by atoms with Gasteiger partial charge in [0, 0.05) is 44.6 Å². The summed E-state index contributed by atoms with van der Waals surface area (Å²) in [6.07, 6.45) is 0. The smallest absolute Gasteiger partial charge is 0.0612 e. The fourth-order valence-electron chi connectivity index (χ4n) is 3.53. The number of aromatic nitrogens is 1. The van der Waals surface area contributed by atoms with Crippen molar-refractivity contribution in [3.05, 3.63) is 92.9 Å². The van der Waals surface area contributed by atoms with Crippen LogP contribution in [0.2, 0.25) is 20.1 Å². The fraction of sp³-hybridized carbons (Fsp3) is 0. The molecular weight excluding hydrogens is 472 g/mol. The molecule has 0 bridgehead atoms. The van der Waals surface area contributed by atoms with Gasteiger partial charge in [0.05, 0.1) is 20.1 Å². The van der Waals surface area contributed by atoms with Gasteiger partial charge in [0.2, 0.25) is 0 Å². The summed E-state index contributed by atoms with van der Waals surface area (Å²) < 4.78 is 0. The Hall–Kier alpha value is -2.56. The van der Waals surface area contributed by atoms with Crippen LogP contribution in [0.5, 0.6) is 0 Å². The van der Waals surface area contributed by atoms with Crippen molar-refractivity contribution in [1.82, 2.24) is 4.98 Å². The van der Waals surface area contributed by atoms with E-state index in [1.54, 1.807) is 12.1 Å². The van der Waals surface area contributed by atoms with Gasteiger partial charge in [0.15, 0.2) is 0 Å². The molecule has 5 rings (SSSR count). The molecule has 0 saturated carbocycles. The molecule has 1 aromatic heterocycles. The standard InChI is InChI=1S/C24H15Cl4N3/c25-19-5-1-15(11-21(19)27)29-13-3-7-23-17(9-13)18-10-14(4-8-24(18)31-23)30-16-2-6-20(26)22(28)12-16/h1-12,29-31H. The quantitative estimate of drug-likeness (QED) is 0.236. The third kappa shape index (κ3) is 4.15. The first-order valence-corrected chi connectivity index (χ1v) is 11.0. The Bertz CT molecular complexity index is 1330. The van der Waals surface area contributed by atoms with Crippen molar-refractivity contribution in [2.75, 3.05) is 10.6 Å². The molecule has 4 aromatic carbocycles. The van der Waals surface area contributed by atoms with Gasteiger partial charge in [-0.05, 0) is 72.8 Å². The van der Waals surface area contributed by atoms with Crippen LogP contribution in [0.25, 0.3) is 21.8 Å². The van der Waals surface area contributed by atoms with Crippen molar-refractivity contribution in [1.29, 1.82) is 0 Å². The van der Waals surface area contributed by atoms with Crippen molar-refractivity contribution < 1.29 is 0 Å². The van der Waals surface area contributed by atoms with Crippen LogP contribution in [0.4, 0.5) is 22.7 Å². The topological polar surface area (TPSA) is 39.9 Å². The molecular formula is C24H15Cl4N3. The maximum atomic E-state index is 6.14. The second-order valence-corrected chi connectivity index (χ2v) is 8.78. The lowest BCUT2D eigenvalue weighted by molar-refractivity contribution is 1.52. The Morgan fingerprint density at radius 3 is 1.26 bits per heavy atom. The van der Waals surface area contributed by atoms with Crippen molar-refractivity contribution in [2.45, 2.75) is 0 Å². The second-order valence-electron chi connectivity index (χ2n) is 7.15. The molecule has 1 heterocycles. The number of aromatic amines is 1. The first kappa shape index (κ1) is 20.3. The summed E-state index contributed by atoms with van der Waals surface area (Å²) in [4.78, 5) is 3.46. The number of hydrogen-bond acceptors (Lipinski definition) is 2. The summed E-state index contributed by atoms with van der Waals surface area (Å²) >= 11 is 24.3. The first-order valence-electron chi connectivity index (χ1n) is 9.46. The molecule has 0 unspecified atom stereocenters. The molecule has 154 valence electrons. The van der Waals surface area contributed by atoms with E-state index in [0.717, 1.165) is 44.6 Å². The van der Waals surface area contributed by atoms with Crippen LogP contribution in [-0.4, -0.2) is 4.98 Å². The number of anilines is 4. The van der Waals surface area contributed by atoms with Crippen LogP contribution in [0, 0.1) is 0 Å². The van der Waals surface area contributed by atoms with E-state index in [9.17, 15) is 0 Å². The predicted molar refractivity (Wildman–Crippen MR) is 135 cm³/mol. The van der Waals surface area contributed by atoms with Crippen molar-refractivity contribution in [3.63, 3.8) is 0 Å². The average molecular weight is 487 g/mol. The highest BCUT2D eigenvalue weighted by atomic mass is 35.5. The zero-order valence-electron chi connectivity index (χ0n) is 15.9. The van der Waals surface area contributed by atoms with Gasteiger partial charge in [-0.15, -0.1) is 0 Å². The summed E-state index contributed by atoms with van der Waals surface area (Å²) in [6, 6.07) is 23.3. The minimum absolute atomic E-state index is 0.512. The van der Waals surface area contributed by atoms with Gasteiger partial charge in [-0.25, -0.2) is 0 Å². The minimum Gasteiger partial charge on any atom is -0.355 e. The number of rotatable bonds is 4. The summed E-state index contributed by atoms with van der Waals surface area (Å²) in [5.74, 6) is 0. The Morgan fingerprint density at radius 2 is 0.839 bits per heavy atom. The van der Waals surface area contributed by atoms with Crippen molar-refractivity contribution in [2.24, 2.45) is 0 Å². The molecule has 0 fully saturated rings. The minimum atomic E-state index is 0.512. The van der Waals surface area contributed by atoms with Crippen LogP contribution < -0.4 is 10.6 Å². The van der Waals surface area contributed by atoms with E-state index in [1.807, 2.05) is 36.4 Å². The lowest BCUT2D eigenvalue weighted by atomic mass is 10.1. The molecule has 5 aromatic rings. The Labute approximate surface area is 198 Å². The highest BCUT2D eigenvalue weighted by Crippen LogP contribution is 2.33. The summed E-state index contributed by atoms with van der Waals surface area (Å²) in [5, 5.41) is 11.1. The van der Waals surface area contributed by atoms with Gasteiger partial charge in [-0.2, -0.15) is 0 Å². The van der Waals surface area contributed by atoms with E-state index in [4.69, 9.17) is 46.4 Å². The largest absolute Gasteiger partial charge is 0.355 e. The van der Waals surface area contributed by atoms with Gasteiger partial charge in [0.25, 0.3) is 0 Å². The van der Waals surface area contributed by atoms with Gasteiger partial charge in [0.1, 0.15) is 0 Å². The van der Waals surface area contributed by atoms with Crippen LogP contribution in [0.15, 0.2) is 72.8 Å². The van der Waals surface area contributed by atoms with E-state index in [-0.39, 0.29) is 0 Å². The molecule has 0 spiro atoms. The van der Waals surface area contributed by atoms with Crippen LogP contribution in [-0.2, 0) is 0 Å². The Morgan fingerprint density at radius 1 is 0.452 bits per heavy atom. The first-order chi connectivity index (χ1) is 15.0. The van der Waals surface area contributed by atoms with Crippen LogP contribution >= 0.6 is 46.4 Å². The molecule has 3 nitrogen and oxygen atoms in total. The molecule has 0 atom stereocenters. The third-order valence-electron chi connectivity index (χ3n) is 5.02. The lowest BCUT2D eigenvalue weighted by Gasteiger charge is -2.09. The molecule has 0 amide bonds. The van der Waals surface area contributed by atoms with E-state index in [0.29, 0.717) is 20.1 Å². The molecule has 0 radical (unpaired) electrons. The maximum Gasteiger partial charge on any atom is 0.0612 e. The van der Waals surface area contributed by atoms with Gasteiger partial charge in [-0.1, -0.05) is 46.4 Å². The number of halogens is 4. The van der Waals surface area contributed by atoms with Gasteiger partial charge < -0.3 is 15.6 Å². The fourth-order valence-corrected chi connectivity index (χ4v) is 4.13. The third-order valence-corrected chi connectivity index (χ3v) is 6.49. The Balaban J connectivity index is 1.50. The Kier molecular flexibility index (Phi) is 5.37. The lowest BCUT2D eigenvalue weighted by Crippen LogP contribution is -1.90. The zero-order chi connectivity index (χ0) is 21.5. The SMILES string of the molecule is Clc1ccc(Nc2ccc3[nH]c4ccc(Nc5ccc(Cl)c(Cl)c5)cc4c3c2)cc1Cl. The normalized spacial score (nSPS) is 11.2. The van der Waals surface area contributed by atoms with E-state index in [1.165, 1.54) is 0 Å². The molecule has 3 N–H and O–H groups in total. The second kappa shape index (κ2) is 8.18. The number of fused-ring (bicyclic) bond motifs is 3. The van der Waals surface area contributed by atoms with Crippen molar-refractivity contribution in [3.8, 4) is 0 Å². The summed E-state index contributed by atoms with van der Waals surface area (Å²) in [6.45, 7) is 0. The summed E-state index contributed by atoms with van der Waals surface area (Å²) in [7, 11) is 0. The molecule has 0 aliphatic rings. The maximum absolute atomic E-state index is 6.14. The highest BCUT2D eigenvalue weighted by molar-refractivity contribution is 6.42. The molecule has 0 aliphatic carbocycles. The average Bonchev–Trinajstić information content (AvgIpc) is 3.11. The van der Waals surface area contributed by atoms with Crippen molar-refractivity contribution >= 4 is 91.0 Å². The van der Waals surface area contributed by atoms with Crippen LogP contribution in [0.1, 0.15) is 0 Å². The number of hydrogen-bond donors (Lipinski definition) is 3. The molecule has 7 heteroatoms. The van der Waals surface area contributed by atoms with Gasteiger partial charge >= 0.3 is 0 Å². The highest BCUT2D eigenvalue weighted by Gasteiger charge is 2.08. The molecule has 0 aliphatic heterocycles. The zero-order valence-corrected chi connectivity index (χ0v) is 19.0. The van der Waals surface area contributed by atoms with E-state index >= 15 is 0 Å². The van der Waals surface area contributed by atoms with Crippen LogP contribution in [0.3, 0.4) is 0 Å². The van der Waals surface area contributed by atoms with E-state index in [2.05, 4.69) is 39.9 Å². The summed E-state index contributed by atoms with van der Waals surface area (Å²) in [5.41, 5.74) is 5.76. The predicted octanol–water partition coefficient (Wildman–Crippen LogP) is 9.42. The van der Waals surface area contributed by atoms with Gasteiger partial charge in [-0.3, -0.25) is 0 Å². The molecule has 0 saturated heterocycles.